The first kappa shape index (κ1) is 22.8. The van der Waals surface area contributed by atoms with E-state index in [1.807, 2.05) is 0 Å². The van der Waals surface area contributed by atoms with Crippen molar-refractivity contribution in [2.75, 3.05) is 25.0 Å². The highest BCUT2D eigenvalue weighted by Crippen LogP contribution is 2.51. The molecule has 0 aliphatic carbocycles. The van der Waals surface area contributed by atoms with Crippen LogP contribution in [0.1, 0.15) is 13.8 Å². The first-order valence-electron chi connectivity index (χ1n) is 6.54. The van der Waals surface area contributed by atoms with Crippen LogP contribution in [0.4, 0.5) is 0 Å². The van der Waals surface area contributed by atoms with E-state index in [4.69, 9.17) is 14.0 Å². The second-order valence-corrected chi connectivity index (χ2v) is 14.9. The van der Waals surface area contributed by atoms with Gasteiger partial charge in [-0.25, -0.2) is 33.7 Å². The largest absolute Gasteiger partial charge is 0.643 e. The lowest BCUT2D eigenvalue weighted by Crippen LogP contribution is -2.67. The molecule has 0 aromatic heterocycles. The second kappa shape index (κ2) is 6.14. The Hall–Kier alpha value is -0.255. The van der Waals surface area contributed by atoms with Crippen LogP contribution < -0.4 is 0 Å². The van der Waals surface area contributed by atoms with Crippen molar-refractivity contribution in [3.63, 3.8) is 0 Å². The molecule has 0 atom stereocenters. The van der Waals surface area contributed by atoms with Gasteiger partial charge in [0.05, 0.1) is 0 Å². The normalized spacial score (nSPS) is 21.6. The van der Waals surface area contributed by atoms with Crippen molar-refractivity contribution in [2.24, 2.45) is 0 Å². The van der Waals surface area contributed by atoms with Gasteiger partial charge in [0.25, 0.3) is 0 Å². The van der Waals surface area contributed by atoms with Gasteiger partial charge in [-0.3, -0.25) is 0 Å². The predicted molar refractivity (Wildman–Crippen MR) is 89.0 cm³/mol. The molecule has 0 amide bonds. The summed E-state index contributed by atoms with van der Waals surface area (Å²) in [6.07, 6.45) is 0.595. The summed E-state index contributed by atoms with van der Waals surface area (Å²) in [6, 6.07) is 0. The van der Waals surface area contributed by atoms with Crippen molar-refractivity contribution in [1.82, 2.24) is 0 Å². The summed E-state index contributed by atoms with van der Waals surface area (Å²) in [5.41, 5.74) is 0. The smallest absolute Gasteiger partial charge is 0.384 e. The van der Waals surface area contributed by atoms with E-state index in [0.29, 0.717) is 25.0 Å². The monoisotopic (exact) mass is 442 g/mol. The van der Waals surface area contributed by atoms with Crippen molar-refractivity contribution >= 4 is 46.7 Å². The number of rotatable bonds is 6. The number of hydrogen-bond acceptors (Lipinski definition) is 11. The van der Waals surface area contributed by atoms with E-state index >= 15 is 0 Å². The zero-order valence-electron chi connectivity index (χ0n) is 14.3. The van der Waals surface area contributed by atoms with Gasteiger partial charge in [-0.05, 0) is 13.8 Å². The third-order valence-electron chi connectivity index (χ3n) is 3.21. The van der Waals surface area contributed by atoms with Crippen molar-refractivity contribution in [3.05, 3.63) is 0 Å². The predicted octanol–water partition coefficient (Wildman–Crippen LogP) is -2.07. The molecule has 1 saturated heterocycles. The maximum absolute atomic E-state index is 12.4. The Balaban J connectivity index is 4.19. The molecule has 11 nitrogen and oxygen atoms in total. The minimum absolute atomic E-state index is 0.334. The summed E-state index contributed by atoms with van der Waals surface area (Å²) in [4.78, 5) is 0. The van der Waals surface area contributed by atoms with Gasteiger partial charge >= 0.3 is 15.9 Å². The van der Waals surface area contributed by atoms with Crippen molar-refractivity contribution in [1.29, 1.82) is 0 Å². The number of sulfone groups is 4. The van der Waals surface area contributed by atoms with Gasteiger partial charge in [0.2, 0.25) is 0 Å². The van der Waals surface area contributed by atoms with Crippen molar-refractivity contribution in [3.8, 4) is 0 Å². The summed E-state index contributed by atoms with van der Waals surface area (Å²) in [5.74, 6) is 0. The molecule has 1 fully saturated rings. The molecule has 1 aliphatic rings. The van der Waals surface area contributed by atoms with Crippen LogP contribution in [0, 0.1) is 0 Å². The highest BCUT2D eigenvalue weighted by atomic mass is 32.3. The molecule has 0 radical (unpaired) electrons. The van der Waals surface area contributed by atoms with Crippen LogP contribution in [0.2, 0.25) is 0 Å². The van der Waals surface area contributed by atoms with E-state index in [1.54, 1.807) is 0 Å². The summed E-state index contributed by atoms with van der Waals surface area (Å²) in [6.45, 7) is 2.85. The summed E-state index contributed by atoms with van der Waals surface area (Å²) in [5, 5.41) is 0. The topological polar surface area (TPSA) is 164 Å². The van der Waals surface area contributed by atoms with E-state index < -0.39 is 61.3 Å². The SMILES string of the molecule is CC(C)OB1OC(S(C)(=O)=O)(S(C)(=O)=O)C(S(C)(=O)=O)(S(C)(=O)=O)O1. The molecular weight excluding hydrogens is 423 g/mol. The van der Waals surface area contributed by atoms with Gasteiger partial charge in [-0.1, -0.05) is 0 Å². The van der Waals surface area contributed by atoms with Gasteiger partial charge in [0.1, 0.15) is 0 Å². The lowest BCUT2D eigenvalue weighted by molar-refractivity contribution is 0.127. The van der Waals surface area contributed by atoms with Gasteiger partial charge in [-0.15, -0.1) is 0 Å². The van der Waals surface area contributed by atoms with Crippen LogP contribution in [-0.4, -0.2) is 80.6 Å². The summed E-state index contributed by atoms with van der Waals surface area (Å²) in [7, 11) is -22.3. The molecule has 16 heteroatoms. The van der Waals surface area contributed by atoms with Crippen molar-refractivity contribution in [2.45, 2.75) is 28.5 Å². The van der Waals surface area contributed by atoms with Crippen molar-refractivity contribution < 1.29 is 47.6 Å². The minimum atomic E-state index is -5.04. The van der Waals surface area contributed by atoms with Crippen LogP contribution in [0.15, 0.2) is 0 Å². The Bertz CT molecular complexity index is 819. The molecular formula is C9H19BO11S4. The molecule has 0 unspecified atom stereocenters. The second-order valence-electron chi connectivity index (χ2n) is 5.91. The highest BCUT2D eigenvalue weighted by molar-refractivity contribution is 8.16. The summed E-state index contributed by atoms with van der Waals surface area (Å²) >= 11 is 0. The third kappa shape index (κ3) is 3.25. The molecule has 148 valence electrons. The minimum Gasteiger partial charge on any atom is -0.384 e. The average molecular weight is 442 g/mol. The lowest BCUT2D eigenvalue weighted by Gasteiger charge is -2.37. The fourth-order valence-corrected chi connectivity index (χ4v) is 13.6. The zero-order valence-corrected chi connectivity index (χ0v) is 17.5. The van der Waals surface area contributed by atoms with Crippen LogP contribution in [0.3, 0.4) is 0 Å². The Labute approximate surface area is 147 Å². The van der Waals surface area contributed by atoms with Gasteiger partial charge in [0.15, 0.2) is 39.3 Å². The molecule has 0 aromatic carbocycles. The third-order valence-corrected chi connectivity index (χ3v) is 12.8. The molecule has 0 spiro atoms. The highest BCUT2D eigenvalue weighted by Gasteiger charge is 2.84. The molecule has 1 rings (SSSR count). The first-order valence-corrected chi connectivity index (χ1v) is 14.1. The molecule has 0 saturated carbocycles. The average Bonchev–Trinajstić information content (AvgIpc) is 2.62. The van der Waals surface area contributed by atoms with E-state index in [-0.39, 0.29) is 0 Å². The van der Waals surface area contributed by atoms with E-state index in [0.717, 1.165) is 0 Å². The molecule has 1 aliphatic heterocycles. The standard InChI is InChI=1S/C9H19BO11S4/c1-7(2)19-10-20-8(22(3,11)12,23(4,13)14)9(21-10,24(5,15)16)25(6,17)18/h7H,1-6H3. The Kier molecular flexibility index (Phi) is 5.59. The van der Waals surface area contributed by atoms with E-state index in [1.165, 1.54) is 13.8 Å². The molecule has 0 bridgehead atoms. The van der Waals surface area contributed by atoms with E-state index in [9.17, 15) is 33.7 Å². The maximum atomic E-state index is 12.4. The molecule has 0 N–H and O–H groups in total. The Morgan fingerprint density at radius 3 is 1.08 bits per heavy atom. The van der Waals surface area contributed by atoms with E-state index in [2.05, 4.69) is 0 Å². The van der Waals surface area contributed by atoms with Crippen LogP contribution in [0.25, 0.3) is 0 Å². The zero-order chi connectivity index (χ0) is 20.3. The molecule has 0 aromatic rings. The fraction of sp³-hybridized carbons (Fsp3) is 1.00. The Morgan fingerprint density at radius 2 is 0.920 bits per heavy atom. The van der Waals surface area contributed by atoms with Crippen LogP contribution in [-0.2, 0) is 53.3 Å². The quantitative estimate of drug-likeness (QED) is 0.415. The van der Waals surface area contributed by atoms with Gasteiger partial charge < -0.3 is 14.0 Å². The molecule has 1 heterocycles. The molecule has 25 heavy (non-hydrogen) atoms. The fourth-order valence-electron chi connectivity index (χ4n) is 2.51. The Morgan fingerprint density at radius 1 is 0.680 bits per heavy atom. The maximum Gasteiger partial charge on any atom is 0.643 e. The van der Waals surface area contributed by atoms with Crippen LogP contribution >= 0.6 is 0 Å². The summed E-state index contributed by atoms with van der Waals surface area (Å²) < 4.78 is 106. The van der Waals surface area contributed by atoms with Crippen LogP contribution in [0.5, 0.6) is 0 Å². The lowest BCUT2D eigenvalue weighted by atomic mass is 10.2. The first-order chi connectivity index (χ1) is 10.7. The van der Waals surface area contributed by atoms with Gasteiger partial charge in [-0.2, -0.15) is 0 Å². The number of hydrogen-bond donors (Lipinski definition) is 0. The van der Waals surface area contributed by atoms with Gasteiger partial charge in [0, 0.05) is 31.1 Å².